The molecule has 3 nitrogen and oxygen atoms in total. The van der Waals surface area contributed by atoms with Crippen molar-refractivity contribution in [2.24, 2.45) is 0 Å². The molecule has 2 heterocycles. The first-order chi connectivity index (χ1) is 11.1. The van der Waals surface area contributed by atoms with Crippen LogP contribution >= 0.6 is 0 Å². The fourth-order valence-electron chi connectivity index (χ4n) is 3.79. The van der Waals surface area contributed by atoms with Crippen molar-refractivity contribution in [3.8, 4) is 0 Å². The molecule has 2 aromatic carbocycles. The number of benzene rings is 2. The summed E-state index contributed by atoms with van der Waals surface area (Å²) in [5.74, 6) is 0.0731. The van der Waals surface area contributed by atoms with Gasteiger partial charge in [-0.1, -0.05) is 23.8 Å². The minimum absolute atomic E-state index is 0.0731. The lowest BCUT2D eigenvalue weighted by Crippen LogP contribution is -2.13. The van der Waals surface area contributed by atoms with Gasteiger partial charge in [-0.15, -0.1) is 0 Å². The summed E-state index contributed by atoms with van der Waals surface area (Å²) in [6, 6.07) is 12.6. The number of hydrogen-bond acceptors (Lipinski definition) is 1. The highest BCUT2D eigenvalue weighted by atomic mass is 16.1. The normalized spacial score (nSPS) is 13.6. The zero-order valence-corrected chi connectivity index (χ0v) is 13.1. The van der Waals surface area contributed by atoms with Gasteiger partial charge in [0.2, 0.25) is 5.78 Å². The quantitative estimate of drug-likeness (QED) is 0.437. The van der Waals surface area contributed by atoms with Crippen LogP contribution in [0.2, 0.25) is 0 Å². The number of H-pyrrole nitrogens is 2. The van der Waals surface area contributed by atoms with Crippen LogP contribution in [0.25, 0.3) is 21.8 Å². The Morgan fingerprint density at radius 3 is 2.26 bits per heavy atom. The first-order valence-electron chi connectivity index (χ1n) is 7.89. The SMILES string of the molecule is Cc1ccc2c3c([nH]c2c1)C(=O)c1[nH]c2ccc(C)cc2c1C3. The lowest BCUT2D eigenvalue weighted by Gasteiger charge is -2.12. The number of fused-ring (bicyclic) bond motifs is 6. The summed E-state index contributed by atoms with van der Waals surface area (Å²) in [7, 11) is 0. The number of carbonyl (C=O) groups is 1. The van der Waals surface area contributed by atoms with E-state index in [2.05, 4.69) is 60.2 Å². The van der Waals surface area contributed by atoms with Gasteiger partial charge in [0.05, 0.1) is 11.4 Å². The number of ketones is 1. The van der Waals surface area contributed by atoms with E-state index in [1.54, 1.807) is 0 Å². The van der Waals surface area contributed by atoms with Crippen LogP contribution < -0.4 is 0 Å². The molecule has 0 saturated carbocycles. The predicted molar refractivity (Wildman–Crippen MR) is 92.3 cm³/mol. The largest absolute Gasteiger partial charge is 0.352 e. The third-order valence-corrected chi connectivity index (χ3v) is 4.93. The molecule has 23 heavy (non-hydrogen) atoms. The lowest BCUT2D eigenvalue weighted by molar-refractivity contribution is 0.102. The average molecular weight is 300 g/mol. The van der Waals surface area contributed by atoms with Crippen molar-refractivity contribution in [3.63, 3.8) is 0 Å². The molecule has 0 spiro atoms. The maximum Gasteiger partial charge on any atom is 0.225 e. The number of aryl methyl sites for hydroxylation is 2. The molecule has 0 aliphatic heterocycles. The molecule has 5 rings (SSSR count). The molecule has 0 amide bonds. The Labute approximate surface area is 133 Å². The number of aromatic amines is 2. The van der Waals surface area contributed by atoms with Crippen LogP contribution in [-0.4, -0.2) is 15.8 Å². The molecule has 0 atom stereocenters. The third kappa shape index (κ3) is 1.62. The number of hydrogen-bond donors (Lipinski definition) is 2. The monoisotopic (exact) mass is 300 g/mol. The Bertz CT molecular complexity index is 1120. The summed E-state index contributed by atoms with van der Waals surface area (Å²) in [6.07, 6.45) is 0.795. The van der Waals surface area contributed by atoms with Gasteiger partial charge in [0.15, 0.2) is 0 Å². The molecule has 2 N–H and O–H groups in total. The van der Waals surface area contributed by atoms with Gasteiger partial charge >= 0.3 is 0 Å². The van der Waals surface area contributed by atoms with Gasteiger partial charge in [-0.05, 0) is 48.7 Å². The highest BCUT2D eigenvalue weighted by Gasteiger charge is 2.29. The summed E-state index contributed by atoms with van der Waals surface area (Å²) in [6.45, 7) is 4.16. The molecule has 2 aromatic heterocycles. The summed E-state index contributed by atoms with van der Waals surface area (Å²) in [5.41, 5.74) is 8.23. The highest BCUT2D eigenvalue weighted by Crippen LogP contribution is 2.36. The van der Waals surface area contributed by atoms with Crippen molar-refractivity contribution in [1.82, 2.24) is 9.97 Å². The Kier molecular flexibility index (Phi) is 2.28. The Balaban J connectivity index is 1.82. The van der Waals surface area contributed by atoms with E-state index in [1.165, 1.54) is 16.5 Å². The van der Waals surface area contributed by atoms with Crippen LogP contribution in [0.5, 0.6) is 0 Å². The van der Waals surface area contributed by atoms with E-state index in [9.17, 15) is 4.79 Å². The number of nitrogens with one attached hydrogen (secondary N) is 2. The fraction of sp³-hybridized carbons (Fsp3) is 0.150. The van der Waals surface area contributed by atoms with Crippen LogP contribution in [-0.2, 0) is 6.42 Å². The second kappa shape index (κ2) is 4.13. The Hall–Kier alpha value is -2.81. The molecule has 112 valence electrons. The van der Waals surface area contributed by atoms with Gasteiger partial charge in [-0.3, -0.25) is 4.79 Å². The van der Waals surface area contributed by atoms with Gasteiger partial charge in [-0.2, -0.15) is 0 Å². The maximum absolute atomic E-state index is 13.0. The number of carbonyl (C=O) groups excluding carboxylic acids is 1. The van der Waals surface area contributed by atoms with E-state index < -0.39 is 0 Å². The van der Waals surface area contributed by atoms with Crippen LogP contribution in [0.4, 0.5) is 0 Å². The summed E-state index contributed by atoms with van der Waals surface area (Å²) >= 11 is 0. The molecule has 4 aromatic rings. The standard InChI is InChI=1S/C20H16N2O/c1-10-4-6-16-13(7-10)15-9-14-12-5-3-11(2)8-17(12)22-18(14)20(23)19(15)21-16/h3-8,21-22H,9H2,1-2H3. The van der Waals surface area contributed by atoms with E-state index in [-0.39, 0.29) is 5.78 Å². The Morgan fingerprint density at radius 2 is 1.43 bits per heavy atom. The van der Waals surface area contributed by atoms with Crippen molar-refractivity contribution in [3.05, 3.63) is 70.0 Å². The second-order valence-electron chi connectivity index (χ2n) is 6.56. The molecular weight excluding hydrogens is 284 g/mol. The smallest absolute Gasteiger partial charge is 0.225 e. The molecule has 0 saturated heterocycles. The number of aromatic nitrogens is 2. The average Bonchev–Trinajstić information content (AvgIpc) is 3.06. The van der Waals surface area contributed by atoms with Crippen LogP contribution in [0, 0.1) is 13.8 Å². The zero-order chi connectivity index (χ0) is 15.7. The van der Waals surface area contributed by atoms with Crippen LogP contribution in [0.1, 0.15) is 38.4 Å². The molecule has 0 fully saturated rings. The van der Waals surface area contributed by atoms with Gasteiger partial charge in [0.25, 0.3) is 0 Å². The van der Waals surface area contributed by atoms with Crippen molar-refractivity contribution < 1.29 is 4.79 Å². The van der Waals surface area contributed by atoms with Crippen LogP contribution in [0.3, 0.4) is 0 Å². The maximum atomic E-state index is 13.0. The summed E-state index contributed by atoms with van der Waals surface area (Å²) in [5, 5.41) is 2.33. The van der Waals surface area contributed by atoms with Gasteiger partial charge in [0, 0.05) is 28.2 Å². The van der Waals surface area contributed by atoms with E-state index in [0.29, 0.717) is 0 Å². The lowest BCUT2D eigenvalue weighted by atomic mass is 9.90. The first kappa shape index (κ1) is 12.7. The zero-order valence-electron chi connectivity index (χ0n) is 13.1. The van der Waals surface area contributed by atoms with E-state index in [4.69, 9.17) is 0 Å². The molecule has 3 heteroatoms. The molecular formula is C20H16N2O. The van der Waals surface area contributed by atoms with E-state index in [0.717, 1.165) is 45.4 Å². The van der Waals surface area contributed by atoms with Crippen LogP contribution in [0.15, 0.2) is 36.4 Å². The minimum atomic E-state index is 0.0731. The highest BCUT2D eigenvalue weighted by molar-refractivity contribution is 6.16. The first-order valence-corrected chi connectivity index (χ1v) is 7.89. The number of rotatable bonds is 0. The predicted octanol–water partition coefficient (Wildman–Crippen LogP) is 4.40. The van der Waals surface area contributed by atoms with Crippen molar-refractivity contribution in [2.75, 3.05) is 0 Å². The third-order valence-electron chi connectivity index (χ3n) is 4.93. The molecule has 1 aliphatic rings. The van der Waals surface area contributed by atoms with Gasteiger partial charge in [-0.25, -0.2) is 0 Å². The Morgan fingerprint density at radius 1 is 0.783 bits per heavy atom. The van der Waals surface area contributed by atoms with Gasteiger partial charge < -0.3 is 9.97 Å². The topological polar surface area (TPSA) is 48.6 Å². The van der Waals surface area contributed by atoms with Crippen molar-refractivity contribution >= 4 is 27.6 Å². The summed E-state index contributed by atoms with van der Waals surface area (Å²) in [4.78, 5) is 19.6. The molecule has 1 aliphatic carbocycles. The van der Waals surface area contributed by atoms with E-state index in [1.807, 2.05) is 0 Å². The fourth-order valence-corrected chi connectivity index (χ4v) is 3.79. The minimum Gasteiger partial charge on any atom is -0.352 e. The van der Waals surface area contributed by atoms with Crippen molar-refractivity contribution in [2.45, 2.75) is 20.3 Å². The van der Waals surface area contributed by atoms with Gasteiger partial charge in [0.1, 0.15) is 0 Å². The summed E-state index contributed by atoms with van der Waals surface area (Å²) < 4.78 is 0. The van der Waals surface area contributed by atoms with E-state index >= 15 is 0 Å². The molecule has 0 unspecified atom stereocenters. The molecule has 0 bridgehead atoms. The second-order valence-corrected chi connectivity index (χ2v) is 6.56. The van der Waals surface area contributed by atoms with Crippen molar-refractivity contribution in [1.29, 1.82) is 0 Å². The molecule has 0 radical (unpaired) electrons.